The second-order valence-electron chi connectivity index (χ2n) is 7.77. The average molecular weight is 382 g/mol. The number of hydrogen-bond acceptors (Lipinski definition) is 2. The van der Waals surface area contributed by atoms with Crippen molar-refractivity contribution in [2.24, 2.45) is 0 Å². The predicted octanol–water partition coefficient (Wildman–Crippen LogP) is 3.75. The van der Waals surface area contributed by atoms with Crippen LogP contribution in [0.25, 0.3) is 0 Å². The van der Waals surface area contributed by atoms with Gasteiger partial charge in [-0.25, -0.2) is 4.79 Å². The largest absolute Gasteiger partial charge is 0.352 e. The number of rotatable bonds is 9. The van der Waals surface area contributed by atoms with Crippen LogP contribution in [0, 0.1) is 0 Å². The van der Waals surface area contributed by atoms with E-state index in [-0.39, 0.29) is 29.8 Å². The molecule has 150 valence electrons. The molecule has 0 spiro atoms. The highest BCUT2D eigenvalue weighted by Crippen LogP contribution is 2.28. The summed E-state index contributed by atoms with van der Waals surface area (Å²) in [5.74, 6) is -0.0811. The van der Waals surface area contributed by atoms with E-state index in [1.165, 1.54) is 5.56 Å². The molecule has 0 fully saturated rings. The van der Waals surface area contributed by atoms with Crippen molar-refractivity contribution in [3.63, 3.8) is 0 Å². The molecule has 1 atom stereocenters. The number of urea groups is 1. The zero-order valence-corrected chi connectivity index (χ0v) is 17.0. The smallest absolute Gasteiger partial charge is 0.315 e. The van der Waals surface area contributed by atoms with Gasteiger partial charge in [-0.05, 0) is 29.9 Å². The van der Waals surface area contributed by atoms with E-state index in [0.29, 0.717) is 13.1 Å². The van der Waals surface area contributed by atoms with Crippen molar-refractivity contribution in [2.75, 3.05) is 6.54 Å². The standard InChI is InChI=1S/C23H31N3O2/c1-18(16-23(2,3)20-12-8-5-9-13-20)26-22(28)24-15-14-21(27)25-17-19-10-6-4-7-11-19/h4-13,18H,14-17H2,1-3H3,(H,25,27)(H2,24,26,28)/t18-/m0/s1. The van der Waals surface area contributed by atoms with Crippen LogP contribution in [0.5, 0.6) is 0 Å². The number of carbonyl (C=O) groups is 2. The van der Waals surface area contributed by atoms with E-state index in [0.717, 1.165) is 12.0 Å². The molecule has 0 radical (unpaired) electrons. The fourth-order valence-electron chi connectivity index (χ4n) is 3.27. The summed E-state index contributed by atoms with van der Waals surface area (Å²) in [6.45, 7) is 7.15. The Morgan fingerprint density at radius 1 is 0.929 bits per heavy atom. The molecule has 0 saturated carbocycles. The first-order chi connectivity index (χ1) is 13.4. The van der Waals surface area contributed by atoms with Gasteiger partial charge in [0.1, 0.15) is 0 Å². The second-order valence-corrected chi connectivity index (χ2v) is 7.77. The van der Waals surface area contributed by atoms with E-state index in [1.807, 2.05) is 55.5 Å². The Labute approximate surface area is 167 Å². The first-order valence-electron chi connectivity index (χ1n) is 9.77. The molecular weight excluding hydrogens is 350 g/mol. The van der Waals surface area contributed by atoms with Crippen molar-refractivity contribution >= 4 is 11.9 Å². The maximum Gasteiger partial charge on any atom is 0.315 e. The third-order valence-electron chi connectivity index (χ3n) is 4.72. The molecule has 2 rings (SSSR count). The molecule has 0 aromatic heterocycles. The molecule has 5 nitrogen and oxygen atoms in total. The highest BCUT2D eigenvalue weighted by molar-refractivity contribution is 5.78. The van der Waals surface area contributed by atoms with Crippen molar-refractivity contribution in [3.05, 3.63) is 71.8 Å². The van der Waals surface area contributed by atoms with Crippen LogP contribution in [0.2, 0.25) is 0 Å². The lowest BCUT2D eigenvalue weighted by Gasteiger charge is -2.29. The summed E-state index contributed by atoms with van der Waals surface area (Å²) < 4.78 is 0. The molecule has 0 aliphatic heterocycles. The summed E-state index contributed by atoms with van der Waals surface area (Å²) in [5, 5.41) is 8.56. The number of carbonyl (C=O) groups excluding carboxylic acids is 2. The normalized spacial score (nSPS) is 12.1. The van der Waals surface area contributed by atoms with Gasteiger partial charge in [-0.1, -0.05) is 74.5 Å². The minimum absolute atomic E-state index is 0.0158. The van der Waals surface area contributed by atoms with Crippen molar-refractivity contribution in [1.82, 2.24) is 16.0 Å². The van der Waals surface area contributed by atoms with Gasteiger partial charge < -0.3 is 16.0 Å². The highest BCUT2D eigenvalue weighted by Gasteiger charge is 2.23. The van der Waals surface area contributed by atoms with Gasteiger partial charge in [-0.15, -0.1) is 0 Å². The van der Waals surface area contributed by atoms with Gasteiger partial charge in [0.15, 0.2) is 0 Å². The SMILES string of the molecule is C[C@@H](CC(C)(C)c1ccccc1)NC(=O)NCCC(=O)NCc1ccccc1. The van der Waals surface area contributed by atoms with E-state index >= 15 is 0 Å². The third kappa shape index (κ3) is 7.43. The van der Waals surface area contributed by atoms with Crippen LogP contribution < -0.4 is 16.0 Å². The van der Waals surface area contributed by atoms with Crippen LogP contribution in [0.1, 0.15) is 44.7 Å². The van der Waals surface area contributed by atoms with Crippen molar-refractivity contribution in [3.8, 4) is 0 Å². The zero-order valence-electron chi connectivity index (χ0n) is 17.0. The first-order valence-corrected chi connectivity index (χ1v) is 9.77. The Morgan fingerprint density at radius 3 is 2.18 bits per heavy atom. The molecule has 5 heteroatoms. The fourth-order valence-corrected chi connectivity index (χ4v) is 3.27. The van der Waals surface area contributed by atoms with E-state index in [4.69, 9.17) is 0 Å². The number of hydrogen-bond donors (Lipinski definition) is 3. The summed E-state index contributed by atoms with van der Waals surface area (Å²) in [6, 6.07) is 19.8. The quantitative estimate of drug-likeness (QED) is 0.619. The lowest BCUT2D eigenvalue weighted by molar-refractivity contribution is -0.121. The molecule has 0 saturated heterocycles. The molecule has 2 aromatic rings. The fraction of sp³-hybridized carbons (Fsp3) is 0.391. The van der Waals surface area contributed by atoms with Gasteiger partial charge in [-0.3, -0.25) is 4.79 Å². The summed E-state index contributed by atoms with van der Waals surface area (Å²) in [5.41, 5.74) is 2.27. The topological polar surface area (TPSA) is 70.2 Å². The molecule has 0 unspecified atom stereocenters. The van der Waals surface area contributed by atoms with E-state index in [9.17, 15) is 9.59 Å². The molecule has 0 aliphatic rings. The van der Waals surface area contributed by atoms with Crippen LogP contribution >= 0.6 is 0 Å². The minimum Gasteiger partial charge on any atom is -0.352 e. The van der Waals surface area contributed by atoms with Gasteiger partial charge in [0.25, 0.3) is 0 Å². The van der Waals surface area contributed by atoms with Gasteiger partial charge in [0.2, 0.25) is 5.91 Å². The van der Waals surface area contributed by atoms with Crippen LogP contribution in [0.4, 0.5) is 4.79 Å². The molecular formula is C23H31N3O2. The molecule has 28 heavy (non-hydrogen) atoms. The van der Waals surface area contributed by atoms with Crippen LogP contribution in [0.15, 0.2) is 60.7 Å². The monoisotopic (exact) mass is 381 g/mol. The Kier molecular flexibility index (Phi) is 8.05. The predicted molar refractivity (Wildman–Crippen MR) is 113 cm³/mol. The molecule has 0 aliphatic carbocycles. The Balaban J connectivity index is 1.65. The summed E-state index contributed by atoms with van der Waals surface area (Å²) in [4.78, 5) is 24.0. The summed E-state index contributed by atoms with van der Waals surface area (Å²) >= 11 is 0. The Bertz CT molecular complexity index is 745. The lowest BCUT2D eigenvalue weighted by Crippen LogP contribution is -2.44. The number of amides is 3. The molecule has 2 aromatic carbocycles. The van der Waals surface area contributed by atoms with Crippen LogP contribution in [-0.2, 0) is 16.8 Å². The number of nitrogens with one attached hydrogen (secondary N) is 3. The van der Waals surface area contributed by atoms with Crippen molar-refractivity contribution < 1.29 is 9.59 Å². The van der Waals surface area contributed by atoms with Crippen LogP contribution in [0.3, 0.4) is 0 Å². The van der Waals surface area contributed by atoms with Gasteiger partial charge >= 0.3 is 6.03 Å². The molecule has 3 amide bonds. The van der Waals surface area contributed by atoms with Crippen molar-refractivity contribution in [2.45, 2.75) is 51.6 Å². The van der Waals surface area contributed by atoms with Crippen molar-refractivity contribution in [1.29, 1.82) is 0 Å². The summed E-state index contributed by atoms with van der Waals surface area (Å²) in [7, 11) is 0. The van der Waals surface area contributed by atoms with Gasteiger partial charge in [0.05, 0.1) is 0 Å². The van der Waals surface area contributed by atoms with Gasteiger partial charge in [-0.2, -0.15) is 0 Å². The Hall–Kier alpha value is -2.82. The maximum atomic E-state index is 12.1. The maximum absolute atomic E-state index is 12.1. The Morgan fingerprint density at radius 2 is 1.54 bits per heavy atom. The summed E-state index contributed by atoms with van der Waals surface area (Å²) in [6.07, 6.45) is 1.08. The van der Waals surface area contributed by atoms with E-state index in [1.54, 1.807) is 0 Å². The minimum atomic E-state index is -0.243. The van der Waals surface area contributed by atoms with E-state index in [2.05, 4.69) is 41.9 Å². The second kappa shape index (κ2) is 10.5. The molecule has 0 heterocycles. The molecule has 3 N–H and O–H groups in total. The lowest BCUT2D eigenvalue weighted by atomic mass is 9.79. The van der Waals surface area contributed by atoms with Crippen LogP contribution in [-0.4, -0.2) is 24.5 Å². The number of benzene rings is 2. The third-order valence-corrected chi connectivity index (χ3v) is 4.72. The van der Waals surface area contributed by atoms with Gasteiger partial charge in [0, 0.05) is 25.6 Å². The zero-order chi connectivity index (χ0) is 20.4. The van der Waals surface area contributed by atoms with E-state index < -0.39 is 0 Å². The average Bonchev–Trinajstić information content (AvgIpc) is 2.67. The highest BCUT2D eigenvalue weighted by atomic mass is 16.2. The molecule has 0 bridgehead atoms. The first kappa shape index (κ1) is 21.5.